The van der Waals surface area contributed by atoms with Gasteiger partial charge in [-0.2, -0.15) is 4.31 Å². The standard InChI is InChI=1S/C25H31N3O5S/c1-18(28-14-4-5-22(28)19-6-11-23-24(17-19)33-16-15-32-23)25(29)26-20-7-9-21(10-8-20)34(30,31)27-12-2-3-13-27/h6-11,17-18,22H,2-5,12-16H2,1H3,(H,26,29)/t18-,22+/m0/s1. The molecule has 2 fully saturated rings. The first-order valence-corrected chi connectivity index (χ1v) is 13.4. The van der Waals surface area contributed by atoms with Crippen molar-refractivity contribution in [3.63, 3.8) is 0 Å². The molecule has 2 aromatic rings. The molecule has 34 heavy (non-hydrogen) atoms. The van der Waals surface area contributed by atoms with E-state index in [1.54, 1.807) is 24.3 Å². The second-order valence-electron chi connectivity index (χ2n) is 9.10. The second-order valence-corrected chi connectivity index (χ2v) is 11.0. The van der Waals surface area contributed by atoms with Crippen molar-refractivity contribution >= 4 is 21.6 Å². The number of likely N-dealkylation sites (tertiary alicyclic amines) is 1. The van der Waals surface area contributed by atoms with E-state index < -0.39 is 10.0 Å². The SMILES string of the molecule is C[C@@H](C(=O)Nc1ccc(S(=O)(=O)N2CCCC2)cc1)N1CCC[C@@H]1c1ccc2c(c1)OCCO2. The van der Waals surface area contributed by atoms with Gasteiger partial charge in [0.1, 0.15) is 13.2 Å². The van der Waals surface area contributed by atoms with Crippen LogP contribution in [0.5, 0.6) is 11.5 Å². The minimum absolute atomic E-state index is 0.111. The van der Waals surface area contributed by atoms with E-state index in [2.05, 4.69) is 16.3 Å². The van der Waals surface area contributed by atoms with Crippen molar-refractivity contribution in [2.24, 2.45) is 0 Å². The van der Waals surface area contributed by atoms with Gasteiger partial charge in [-0.1, -0.05) is 6.07 Å². The van der Waals surface area contributed by atoms with Crippen LogP contribution in [0.4, 0.5) is 5.69 Å². The molecule has 3 heterocycles. The lowest BCUT2D eigenvalue weighted by Gasteiger charge is -2.31. The van der Waals surface area contributed by atoms with E-state index in [0.29, 0.717) is 32.0 Å². The highest BCUT2D eigenvalue weighted by Gasteiger charge is 2.34. The fourth-order valence-electron chi connectivity index (χ4n) is 5.06. The van der Waals surface area contributed by atoms with Crippen LogP contribution in [0.1, 0.15) is 44.2 Å². The quantitative estimate of drug-likeness (QED) is 0.675. The maximum absolute atomic E-state index is 13.1. The largest absolute Gasteiger partial charge is 0.486 e. The van der Waals surface area contributed by atoms with Crippen molar-refractivity contribution in [2.75, 3.05) is 38.2 Å². The fraction of sp³-hybridized carbons (Fsp3) is 0.480. The number of nitrogens with one attached hydrogen (secondary N) is 1. The number of fused-ring (bicyclic) bond motifs is 1. The van der Waals surface area contributed by atoms with Gasteiger partial charge in [0.25, 0.3) is 0 Å². The summed E-state index contributed by atoms with van der Waals surface area (Å²) in [6.45, 7) is 4.99. The van der Waals surface area contributed by atoms with Crippen LogP contribution in [0.15, 0.2) is 47.4 Å². The summed E-state index contributed by atoms with van der Waals surface area (Å²) in [6, 6.07) is 12.3. The van der Waals surface area contributed by atoms with Crippen LogP contribution in [-0.2, 0) is 14.8 Å². The highest BCUT2D eigenvalue weighted by Crippen LogP contribution is 2.39. The number of carbonyl (C=O) groups is 1. The zero-order valence-corrected chi connectivity index (χ0v) is 20.2. The van der Waals surface area contributed by atoms with E-state index >= 15 is 0 Å². The zero-order valence-electron chi connectivity index (χ0n) is 19.4. The number of anilines is 1. The zero-order chi connectivity index (χ0) is 23.7. The molecule has 0 bridgehead atoms. The average molecular weight is 486 g/mol. The summed E-state index contributed by atoms with van der Waals surface area (Å²) >= 11 is 0. The molecule has 3 aliphatic rings. The predicted molar refractivity (Wildman–Crippen MR) is 129 cm³/mol. The van der Waals surface area contributed by atoms with Crippen molar-refractivity contribution in [1.82, 2.24) is 9.21 Å². The minimum atomic E-state index is -3.46. The molecule has 0 radical (unpaired) electrons. The molecule has 8 nitrogen and oxygen atoms in total. The van der Waals surface area contributed by atoms with E-state index in [-0.39, 0.29) is 22.9 Å². The molecule has 0 unspecified atom stereocenters. The number of benzene rings is 2. The molecular formula is C25H31N3O5S. The van der Waals surface area contributed by atoms with Crippen LogP contribution in [0.2, 0.25) is 0 Å². The molecule has 3 aliphatic heterocycles. The fourth-order valence-corrected chi connectivity index (χ4v) is 6.58. The van der Waals surface area contributed by atoms with Crippen LogP contribution in [-0.4, -0.2) is 62.4 Å². The van der Waals surface area contributed by atoms with Gasteiger partial charge in [0.15, 0.2) is 11.5 Å². The van der Waals surface area contributed by atoms with Crippen LogP contribution in [0.3, 0.4) is 0 Å². The lowest BCUT2D eigenvalue weighted by atomic mass is 10.0. The maximum Gasteiger partial charge on any atom is 0.243 e. The molecule has 1 amide bonds. The van der Waals surface area contributed by atoms with E-state index in [0.717, 1.165) is 49.3 Å². The van der Waals surface area contributed by atoms with Gasteiger partial charge in [-0.15, -0.1) is 0 Å². The number of hydrogen-bond acceptors (Lipinski definition) is 6. The van der Waals surface area contributed by atoms with E-state index in [9.17, 15) is 13.2 Å². The monoisotopic (exact) mass is 485 g/mol. The smallest absolute Gasteiger partial charge is 0.243 e. The Morgan fingerprint density at radius 2 is 1.68 bits per heavy atom. The van der Waals surface area contributed by atoms with E-state index in [1.165, 1.54) is 4.31 Å². The van der Waals surface area contributed by atoms with Gasteiger partial charge in [-0.3, -0.25) is 9.69 Å². The molecule has 1 N–H and O–H groups in total. The van der Waals surface area contributed by atoms with Gasteiger partial charge in [-0.25, -0.2) is 8.42 Å². The van der Waals surface area contributed by atoms with Crippen LogP contribution >= 0.6 is 0 Å². The Morgan fingerprint density at radius 1 is 0.971 bits per heavy atom. The van der Waals surface area contributed by atoms with E-state index in [1.807, 2.05) is 19.1 Å². The Balaban J connectivity index is 1.25. The summed E-state index contributed by atoms with van der Waals surface area (Å²) in [5, 5.41) is 2.96. The Hall–Kier alpha value is -2.62. The van der Waals surface area contributed by atoms with Crippen LogP contribution < -0.4 is 14.8 Å². The molecule has 2 aromatic carbocycles. The summed E-state index contributed by atoms with van der Waals surface area (Å²) in [5.74, 6) is 1.41. The van der Waals surface area contributed by atoms with Crippen LogP contribution in [0, 0.1) is 0 Å². The highest BCUT2D eigenvalue weighted by molar-refractivity contribution is 7.89. The number of amides is 1. The number of nitrogens with zero attached hydrogens (tertiary/aromatic N) is 2. The van der Waals surface area contributed by atoms with Crippen molar-refractivity contribution in [3.8, 4) is 11.5 Å². The second kappa shape index (κ2) is 9.56. The molecule has 5 rings (SSSR count). The first-order chi connectivity index (χ1) is 16.4. The number of sulfonamides is 1. The molecule has 0 aliphatic carbocycles. The van der Waals surface area contributed by atoms with Gasteiger partial charge in [0.2, 0.25) is 15.9 Å². The number of carbonyl (C=O) groups excluding carboxylic acids is 1. The van der Waals surface area contributed by atoms with Gasteiger partial charge in [0.05, 0.1) is 10.9 Å². The van der Waals surface area contributed by atoms with Gasteiger partial charge in [-0.05, 0) is 81.1 Å². The van der Waals surface area contributed by atoms with Crippen molar-refractivity contribution < 1.29 is 22.7 Å². The molecule has 0 aromatic heterocycles. The normalized spacial score (nSPS) is 22.0. The van der Waals surface area contributed by atoms with Crippen molar-refractivity contribution in [3.05, 3.63) is 48.0 Å². The van der Waals surface area contributed by atoms with Crippen molar-refractivity contribution in [2.45, 2.75) is 49.6 Å². The third-order valence-electron chi connectivity index (χ3n) is 6.95. The van der Waals surface area contributed by atoms with Gasteiger partial charge < -0.3 is 14.8 Å². The minimum Gasteiger partial charge on any atom is -0.486 e. The topological polar surface area (TPSA) is 88.2 Å². The first kappa shape index (κ1) is 23.1. The van der Waals surface area contributed by atoms with Crippen LogP contribution in [0.25, 0.3) is 0 Å². The summed E-state index contributed by atoms with van der Waals surface area (Å²) in [4.78, 5) is 15.6. The molecule has 2 atom stereocenters. The lowest BCUT2D eigenvalue weighted by Crippen LogP contribution is -2.41. The highest BCUT2D eigenvalue weighted by atomic mass is 32.2. The number of ether oxygens (including phenoxy) is 2. The molecule has 0 saturated carbocycles. The molecule has 0 spiro atoms. The summed E-state index contributed by atoms with van der Waals surface area (Å²) < 4.78 is 38.4. The summed E-state index contributed by atoms with van der Waals surface area (Å²) in [7, 11) is -3.46. The molecule has 182 valence electrons. The first-order valence-electron chi connectivity index (χ1n) is 12.0. The van der Waals surface area contributed by atoms with Gasteiger partial charge >= 0.3 is 0 Å². The Labute approximate surface area is 200 Å². The Bertz CT molecular complexity index is 1150. The molecule has 9 heteroatoms. The molecular weight excluding hydrogens is 454 g/mol. The predicted octanol–water partition coefficient (Wildman–Crippen LogP) is 3.41. The maximum atomic E-state index is 13.1. The average Bonchev–Trinajstić information content (AvgIpc) is 3.56. The van der Waals surface area contributed by atoms with E-state index in [4.69, 9.17) is 9.47 Å². The summed E-state index contributed by atoms with van der Waals surface area (Å²) in [6.07, 6.45) is 3.78. The third-order valence-corrected chi connectivity index (χ3v) is 8.86. The van der Waals surface area contributed by atoms with Gasteiger partial charge in [0, 0.05) is 24.8 Å². The third kappa shape index (κ3) is 4.52. The number of rotatable bonds is 6. The Kier molecular flexibility index (Phi) is 6.50. The number of hydrogen-bond donors (Lipinski definition) is 1. The summed E-state index contributed by atoms with van der Waals surface area (Å²) in [5.41, 5.74) is 1.71. The lowest BCUT2D eigenvalue weighted by molar-refractivity contribution is -0.121. The Morgan fingerprint density at radius 3 is 2.41 bits per heavy atom. The molecule has 2 saturated heterocycles. The van der Waals surface area contributed by atoms with Crippen molar-refractivity contribution in [1.29, 1.82) is 0 Å².